The molecule has 0 aliphatic carbocycles. The van der Waals surface area contributed by atoms with Crippen LogP contribution in [0.1, 0.15) is 31.2 Å². The number of aromatic nitrogens is 1. The molecular formula is C12H14NS. The van der Waals surface area contributed by atoms with Gasteiger partial charge in [-0.25, -0.2) is 4.98 Å². The first kappa shape index (κ1) is 9.66. The van der Waals surface area contributed by atoms with Crippen molar-refractivity contribution in [1.82, 2.24) is 4.98 Å². The second-order valence-electron chi connectivity index (χ2n) is 3.45. The standard InChI is InChI=1S/C12H14NS/c1-2-3-4-9-12-13-10-7-5-6-8-11(10)14-12/h5-7H,2-4,9H2,1H3. The molecule has 2 rings (SSSR count). The lowest BCUT2D eigenvalue weighted by Crippen LogP contribution is -1.82. The Morgan fingerprint density at radius 1 is 1.43 bits per heavy atom. The SMILES string of the molecule is CCCCCc1nc2ccc[c]c2s1. The molecule has 1 aromatic heterocycles. The molecule has 0 spiro atoms. The zero-order valence-corrected chi connectivity index (χ0v) is 9.23. The Kier molecular flexibility index (Phi) is 3.14. The van der Waals surface area contributed by atoms with Crippen LogP contribution in [0, 0.1) is 6.07 Å². The molecule has 0 unspecified atom stereocenters. The summed E-state index contributed by atoms with van der Waals surface area (Å²) in [5.74, 6) is 0. The van der Waals surface area contributed by atoms with E-state index in [1.54, 1.807) is 11.3 Å². The van der Waals surface area contributed by atoms with Crippen LogP contribution in [0.3, 0.4) is 0 Å². The Morgan fingerprint density at radius 2 is 2.36 bits per heavy atom. The van der Waals surface area contributed by atoms with Gasteiger partial charge in [-0.05, 0) is 18.9 Å². The molecule has 1 radical (unpaired) electrons. The summed E-state index contributed by atoms with van der Waals surface area (Å²) in [6.45, 7) is 2.23. The molecular weight excluding hydrogens is 190 g/mol. The van der Waals surface area contributed by atoms with Gasteiger partial charge in [-0.15, -0.1) is 11.3 Å². The molecule has 0 atom stereocenters. The monoisotopic (exact) mass is 204 g/mol. The highest BCUT2D eigenvalue weighted by molar-refractivity contribution is 7.18. The number of aryl methyl sites for hydroxylation is 1. The summed E-state index contributed by atoms with van der Waals surface area (Å²) in [4.78, 5) is 4.57. The van der Waals surface area contributed by atoms with Crippen LogP contribution in [0.4, 0.5) is 0 Å². The number of unbranched alkanes of at least 4 members (excludes halogenated alkanes) is 2. The van der Waals surface area contributed by atoms with Gasteiger partial charge in [0.1, 0.15) is 0 Å². The summed E-state index contributed by atoms with van der Waals surface area (Å²) in [6.07, 6.45) is 4.97. The maximum atomic E-state index is 4.57. The van der Waals surface area contributed by atoms with Crippen molar-refractivity contribution >= 4 is 21.6 Å². The van der Waals surface area contributed by atoms with Gasteiger partial charge in [-0.3, -0.25) is 0 Å². The predicted molar refractivity (Wildman–Crippen MR) is 61.7 cm³/mol. The summed E-state index contributed by atoms with van der Waals surface area (Å²) < 4.78 is 1.19. The minimum absolute atomic E-state index is 1.10. The highest BCUT2D eigenvalue weighted by Gasteiger charge is 2.01. The van der Waals surface area contributed by atoms with E-state index in [0.717, 1.165) is 11.9 Å². The lowest BCUT2D eigenvalue weighted by molar-refractivity contribution is 0.716. The first-order valence-corrected chi connectivity index (χ1v) is 5.98. The van der Waals surface area contributed by atoms with Crippen LogP contribution in [-0.4, -0.2) is 4.98 Å². The molecule has 0 saturated heterocycles. The van der Waals surface area contributed by atoms with E-state index in [9.17, 15) is 0 Å². The van der Waals surface area contributed by atoms with E-state index < -0.39 is 0 Å². The van der Waals surface area contributed by atoms with Crippen molar-refractivity contribution in [3.8, 4) is 0 Å². The zero-order chi connectivity index (χ0) is 9.80. The maximum absolute atomic E-state index is 4.57. The van der Waals surface area contributed by atoms with E-state index in [0.29, 0.717) is 0 Å². The molecule has 14 heavy (non-hydrogen) atoms. The third-order valence-electron chi connectivity index (χ3n) is 2.26. The fourth-order valence-electron chi connectivity index (χ4n) is 1.49. The van der Waals surface area contributed by atoms with E-state index in [-0.39, 0.29) is 0 Å². The van der Waals surface area contributed by atoms with Gasteiger partial charge in [-0.2, -0.15) is 0 Å². The molecule has 2 heteroatoms. The van der Waals surface area contributed by atoms with E-state index in [4.69, 9.17) is 0 Å². The fourth-order valence-corrected chi connectivity index (χ4v) is 2.46. The van der Waals surface area contributed by atoms with Gasteiger partial charge in [0, 0.05) is 6.07 Å². The van der Waals surface area contributed by atoms with Crippen molar-refractivity contribution in [2.75, 3.05) is 0 Å². The normalized spacial score (nSPS) is 10.9. The van der Waals surface area contributed by atoms with Crippen LogP contribution in [-0.2, 0) is 6.42 Å². The summed E-state index contributed by atoms with van der Waals surface area (Å²) in [5.41, 5.74) is 1.10. The Morgan fingerprint density at radius 3 is 3.14 bits per heavy atom. The fraction of sp³-hybridized carbons (Fsp3) is 0.417. The number of thiazole rings is 1. The van der Waals surface area contributed by atoms with Crippen molar-refractivity contribution in [3.63, 3.8) is 0 Å². The molecule has 1 aromatic carbocycles. The van der Waals surface area contributed by atoms with Crippen LogP contribution in [0.5, 0.6) is 0 Å². The van der Waals surface area contributed by atoms with Gasteiger partial charge in [0.2, 0.25) is 0 Å². The Hall–Kier alpha value is -0.890. The van der Waals surface area contributed by atoms with Crippen LogP contribution >= 0.6 is 11.3 Å². The Balaban J connectivity index is 2.11. The molecule has 0 aliphatic heterocycles. The molecule has 1 nitrogen and oxygen atoms in total. The van der Waals surface area contributed by atoms with Crippen LogP contribution in [0.25, 0.3) is 10.2 Å². The maximum Gasteiger partial charge on any atom is 0.0938 e. The van der Waals surface area contributed by atoms with Gasteiger partial charge in [0.05, 0.1) is 15.2 Å². The highest BCUT2D eigenvalue weighted by Crippen LogP contribution is 2.22. The third kappa shape index (κ3) is 2.13. The predicted octanol–water partition coefficient (Wildman–Crippen LogP) is 3.83. The van der Waals surface area contributed by atoms with Crippen LogP contribution < -0.4 is 0 Å². The number of benzene rings is 1. The van der Waals surface area contributed by atoms with Crippen LogP contribution in [0.15, 0.2) is 18.2 Å². The Labute approximate surface area is 88.8 Å². The number of rotatable bonds is 4. The van der Waals surface area contributed by atoms with Crippen molar-refractivity contribution < 1.29 is 0 Å². The average molecular weight is 204 g/mol. The van der Waals surface area contributed by atoms with E-state index in [1.165, 1.54) is 29.0 Å². The zero-order valence-electron chi connectivity index (χ0n) is 8.42. The van der Waals surface area contributed by atoms with E-state index in [2.05, 4.69) is 24.0 Å². The number of nitrogens with zero attached hydrogens (tertiary/aromatic N) is 1. The lowest BCUT2D eigenvalue weighted by Gasteiger charge is -1.92. The first-order valence-electron chi connectivity index (χ1n) is 5.16. The largest absolute Gasteiger partial charge is 0.241 e. The topological polar surface area (TPSA) is 12.9 Å². The number of hydrogen-bond acceptors (Lipinski definition) is 2. The highest BCUT2D eigenvalue weighted by atomic mass is 32.1. The van der Waals surface area contributed by atoms with Crippen molar-refractivity contribution in [2.24, 2.45) is 0 Å². The van der Waals surface area contributed by atoms with Crippen molar-refractivity contribution in [3.05, 3.63) is 29.3 Å². The second kappa shape index (κ2) is 4.56. The summed E-state index contributed by atoms with van der Waals surface area (Å²) >= 11 is 1.78. The molecule has 0 saturated carbocycles. The quantitative estimate of drug-likeness (QED) is 0.690. The van der Waals surface area contributed by atoms with Gasteiger partial charge >= 0.3 is 0 Å². The van der Waals surface area contributed by atoms with Gasteiger partial charge in [-0.1, -0.05) is 31.9 Å². The molecule has 0 amide bonds. The molecule has 0 N–H and O–H groups in total. The molecule has 73 valence electrons. The summed E-state index contributed by atoms with van der Waals surface area (Å²) in [7, 11) is 0. The van der Waals surface area contributed by atoms with E-state index in [1.807, 2.05) is 12.1 Å². The number of fused-ring (bicyclic) bond motifs is 1. The minimum atomic E-state index is 1.10. The second-order valence-corrected chi connectivity index (χ2v) is 4.53. The molecule has 0 fully saturated rings. The van der Waals surface area contributed by atoms with Crippen molar-refractivity contribution in [1.29, 1.82) is 0 Å². The lowest BCUT2D eigenvalue weighted by atomic mass is 10.2. The minimum Gasteiger partial charge on any atom is -0.241 e. The smallest absolute Gasteiger partial charge is 0.0938 e. The molecule has 1 heterocycles. The van der Waals surface area contributed by atoms with Gasteiger partial charge in [0.15, 0.2) is 0 Å². The molecule has 0 bridgehead atoms. The molecule has 0 aliphatic rings. The number of hydrogen-bond donors (Lipinski definition) is 0. The third-order valence-corrected chi connectivity index (χ3v) is 3.32. The Bertz CT molecular complexity index is 372. The van der Waals surface area contributed by atoms with Gasteiger partial charge in [0.25, 0.3) is 0 Å². The average Bonchev–Trinajstić information content (AvgIpc) is 2.60. The van der Waals surface area contributed by atoms with E-state index >= 15 is 0 Å². The first-order chi connectivity index (χ1) is 6.90. The van der Waals surface area contributed by atoms with Crippen LogP contribution in [0.2, 0.25) is 0 Å². The van der Waals surface area contributed by atoms with Gasteiger partial charge < -0.3 is 0 Å². The summed E-state index contributed by atoms with van der Waals surface area (Å²) in [5, 5.41) is 1.26. The van der Waals surface area contributed by atoms with Crippen molar-refractivity contribution in [2.45, 2.75) is 32.6 Å². The summed E-state index contributed by atoms with van der Waals surface area (Å²) in [6, 6.07) is 9.23. The molecule has 2 aromatic rings.